The molecule has 3 N–H and O–H groups in total. The molecule has 96 valence electrons. The van der Waals surface area contributed by atoms with Gasteiger partial charge in [0, 0.05) is 12.6 Å². The summed E-state index contributed by atoms with van der Waals surface area (Å²) in [5, 5.41) is 0. The molecule has 0 bridgehead atoms. The zero-order valence-corrected chi connectivity index (χ0v) is 11.3. The van der Waals surface area contributed by atoms with Crippen molar-refractivity contribution in [3.63, 3.8) is 0 Å². The third kappa shape index (κ3) is 4.11. The van der Waals surface area contributed by atoms with Gasteiger partial charge in [-0.1, -0.05) is 26.0 Å². The maximum Gasteiger partial charge on any atom is 0.240 e. The van der Waals surface area contributed by atoms with Gasteiger partial charge in [-0.05, 0) is 30.5 Å². The molecule has 0 amide bonds. The van der Waals surface area contributed by atoms with E-state index in [1.54, 1.807) is 19.1 Å². The minimum Gasteiger partial charge on any atom is -0.327 e. The summed E-state index contributed by atoms with van der Waals surface area (Å²) >= 11 is 0. The molecule has 1 rings (SSSR count). The van der Waals surface area contributed by atoms with E-state index in [0.29, 0.717) is 5.92 Å². The van der Waals surface area contributed by atoms with Crippen molar-refractivity contribution >= 4 is 10.0 Å². The maximum atomic E-state index is 11.9. The van der Waals surface area contributed by atoms with Crippen LogP contribution in [0.25, 0.3) is 0 Å². The maximum absolute atomic E-state index is 11.9. The van der Waals surface area contributed by atoms with Crippen LogP contribution in [0.1, 0.15) is 32.3 Å². The molecule has 0 aromatic heterocycles. The molecule has 17 heavy (non-hydrogen) atoms. The standard InChI is InChI=1S/C12H20N2O2S/c1-9(2)11-4-6-12(7-5-11)17(15,16)14-8-10(3)13/h4-7,9-10,14H,8,13H2,1-3H3. The number of hydrogen-bond donors (Lipinski definition) is 2. The van der Waals surface area contributed by atoms with Crippen molar-refractivity contribution in [2.75, 3.05) is 6.54 Å². The Morgan fingerprint density at radius 3 is 2.12 bits per heavy atom. The average molecular weight is 256 g/mol. The van der Waals surface area contributed by atoms with E-state index in [9.17, 15) is 8.42 Å². The van der Waals surface area contributed by atoms with Crippen LogP contribution in [0.5, 0.6) is 0 Å². The smallest absolute Gasteiger partial charge is 0.240 e. The number of nitrogens with two attached hydrogens (primary N) is 1. The Bertz CT molecular complexity index is 450. The zero-order chi connectivity index (χ0) is 13.1. The van der Waals surface area contributed by atoms with Crippen LogP contribution in [0.4, 0.5) is 0 Å². The highest BCUT2D eigenvalue weighted by Gasteiger charge is 2.14. The molecular weight excluding hydrogens is 236 g/mol. The quantitative estimate of drug-likeness (QED) is 0.837. The second-order valence-corrected chi connectivity index (χ2v) is 6.32. The molecule has 0 saturated heterocycles. The molecule has 0 heterocycles. The molecule has 0 aliphatic carbocycles. The van der Waals surface area contributed by atoms with Crippen molar-refractivity contribution in [1.82, 2.24) is 4.72 Å². The van der Waals surface area contributed by atoms with Crippen molar-refractivity contribution in [2.45, 2.75) is 37.6 Å². The van der Waals surface area contributed by atoms with E-state index >= 15 is 0 Å². The number of rotatable bonds is 5. The molecule has 1 aromatic rings. The topological polar surface area (TPSA) is 72.2 Å². The minimum absolute atomic E-state index is 0.195. The van der Waals surface area contributed by atoms with Crippen LogP contribution in [0, 0.1) is 0 Å². The van der Waals surface area contributed by atoms with Crippen LogP contribution in [-0.2, 0) is 10.0 Å². The monoisotopic (exact) mass is 256 g/mol. The summed E-state index contributed by atoms with van der Waals surface area (Å²) in [6, 6.07) is 6.73. The first-order chi connectivity index (χ1) is 7.83. The fourth-order valence-electron chi connectivity index (χ4n) is 1.36. The summed E-state index contributed by atoms with van der Waals surface area (Å²) in [6.07, 6.45) is 0. The van der Waals surface area contributed by atoms with Gasteiger partial charge in [-0.15, -0.1) is 0 Å². The first kappa shape index (κ1) is 14.2. The molecule has 4 nitrogen and oxygen atoms in total. The fraction of sp³-hybridized carbons (Fsp3) is 0.500. The van der Waals surface area contributed by atoms with Crippen LogP contribution >= 0.6 is 0 Å². The molecular formula is C12H20N2O2S. The fourth-order valence-corrected chi connectivity index (χ4v) is 2.50. The van der Waals surface area contributed by atoms with Gasteiger partial charge in [-0.2, -0.15) is 0 Å². The van der Waals surface area contributed by atoms with E-state index < -0.39 is 10.0 Å². The summed E-state index contributed by atoms with van der Waals surface area (Å²) in [4.78, 5) is 0.280. The predicted molar refractivity (Wildman–Crippen MR) is 69.4 cm³/mol. The largest absolute Gasteiger partial charge is 0.327 e. The lowest BCUT2D eigenvalue weighted by Gasteiger charge is -2.10. The van der Waals surface area contributed by atoms with E-state index in [1.165, 1.54) is 0 Å². The number of nitrogens with one attached hydrogen (secondary N) is 1. The van der Waals surface area contributed by atoms with Crippen molar-refractivity contribution in [1.29, 1.82) is 0 Å². The van der Waals surface area contributed by atoms with Gasteiger partial charge in [-0.25, -0.2) is 13.1 Å². The van der Waals surface area contributed by atoms with Crippen LogP contribution in [0.3, 0.4) is 0 Å². The van der Waals surface area contributed by atoms with Crippen LogP contribution < -0.4 is 10.5 Å². The average Bonchev–Trinajstić information content (AvgIpc) is 2.27. The van der Waals surface area contributed by atoms with E-state index in [4.69, 9.17) is 5.73 Å². The number of sulfonamides is 1. The van der Waals surface area contributed by atoms with Gasteiger partial charge in [0.15, 0.2) is 0 Å². The Balaban J connectivity index is 2.85. The molecule has 5 heteroatoms. The Morgan fingerprint density at radius 2 is 1.71 bits per heavy atom. The molecule has 0 aliphatic rings. The lowest BCUT2D eigenvalue weighted by atomic mass is 10.0. The van der Waals surface area contributed by atoms with Crippen molar-refractivity contribution in [3.8, 4) is 0 Å². The highest BCUT2D eigenvalue weighted by atomic mass is 32.2. The SMILES string of the molecule is CC(N)CNS(=O)(=O)c1ccc(C(C)C)cc1. The highest BCUT2D eigenvalue weighted by Crippen LogP contribution is 2.17. The normalized spacial score (nSPS) is 13.9. The number of hydrogen-bond acceptors (Lipinski definition) is 3. The van der Waals surface area contributed by atoms with E-state index in [-0.39, 0.29) is 17.5 Å². The Labute approximate surface area is 103 Å². The third-order valence-electron chi connectivity index (χ3n) is 2.45. The lowest BCUT2D eigenvalue weighted by Crippen LogP contribution is -2.35. The van der Waals surface area contributed by atoms with Gasteiger partial charge in [0.05, 0.1) is 4.90 Å². The molecule has 0 fully saturated rings. The van der Waals surface area contributed by atoms with Gasteiger partial charge in [0.1, 0.15) is 0 Å². The summed E-state index contributed by atoms with van der Waals surface area (Å²) in [6.45, 7) is 6.13. The first-order valence-electron chi connectivity index (χ1n) is 5.68. The molecule has 1 atom stereocenters. The Morgan fingerprint density at radius 1 is 1.18 bits per heavy atom. The second kappa shape index (κ2) is 5.62. The molecule has 0 aliphatic heterocycles. The molecule has 0 radical (unpaired) electrons. The summed E-state index contributed by atoms with van der Waals surface area (Å²) in [5.41, 5.74) is 6.64. The van der Waals surface area contributed by atoms with Crippen LogP contribution in [0.2, 0.25) is 0 Å². The van der Waals surface area contributed by atoms with Crippen molar-refractivity contribution < 1.29 is 8.42 Å². The van der Waals surface area contributed by atoms with Gasteiger partial charge in [0.2, 0.25) is 10.0 Å². The number of benzene rings is 1. The van der Waals surface area contributed by atoms with Gasteiger partial charge >= 0.3 is 0 Å². The minimum atomic E-state index is -3.43. The summed E-state index contributed by atoms with van der Waals surface area (Å²) < 4.78 is 26.2. The van der Waals surface area contributed by atoms with E-state index in [1.807, 2.05) is 12.1 Å². The van der Waals surface area contributed by atoms with Crippen molar-refractivity contribution in [3.05, 3.63) is 29.8 Å². The van der Waals surface area contributed by atoms with E-state index in [2.05, 4.69) is 18.6 Å². The van der Waals surface area contributed by atoms with E-state index in [0.717, 1.165) is 5.56 Å². The zero-order valence-electron chi connectivity index (χ0n) is 10.5. The summed E-state index contributed by atoms with van der Waals surface area (Å²) in [5.74, 6) is 0.392. The highest BCUT2D eigenvalue weighted by molar-refractivity contribution is 7.89. The Kier molecular flexibility index (Phi) is 4.68. The molecule has 1 aromatic carbocycles. The molecule has 0 saturated carbocycles. The van der Waals surface area contributed by atoms with Gasteiger partial charge in [-0.3, -0.25) is 0 Å². The van der Waals surface area contributed by atoms with Crippen LogP contribution in [-0.4, -0.2) is 21.0 Å². The first-order valence-corrected chi connectivity index (χ1v) is 7.16. The molecule has 1 unspecified atom stereocenters. The predicted octanol–water partition coefficient (Wildman–Crippen LogP) is 1.44. The molecule has 0 spiro atoms. The van der Waals surface area contributed by atoms with Crippen molar-refractivity contribution in [2.24, 2.45) is 5.73 Å². The van der Waals surface area contributed by atoms with Gasteiger partial charge < -0.3 is 5.73 Å². The van der Waals surface area contributed by atoms with Crippen LogP contribution in [0.15, 0.2) is 29.2 Å². The summed E-state index contributed by atoms with van der Waals surface area (Å²) in [7, 11) is -3.43. The Hall–Kier alpha value is -0.910. The lowest BCUT2D eigenvalue weighted by molar-refractivity contribution is 0.574. The second-order valence-electron chi connectivity index (χ2n) is 4.55. The van der Waals surface area contributed by atoms with Gasteiger partial charge in [0.25, 0.3) is 0 Å². The third-order valence-corrected chi connectivity index (χ3v) is 3.89.